The summed E-state index contributed by atoms with van der Waals surface area (Å²) >= 11 is 5.95. The number of fused-ring (bicyclic) bond motifs is 1. The molecule has 8 nitrogen and oxygen atoms in total. The number of benzene rings is 2. The van der Waals surface area contributed by atoms with Crippen LogP contribution in [0.3, 0.4) is 0 Å². The third-order valence-electron chi connectivity index (χ3n) is 3.83. The second-order valence-electron chi connectivity index (χ2n) is 5.80. The number of amides is 1. The number of phenolic OH excluding ortho intramolecular Hbond substituents is 1. The molecule has 0 radical (unpaired) electrons. The molecule has 0 saturated heterocycles. The first-order valence-corrected chi connectivity index (χ1v) is 9.59. The Balaban J connectivity index is 1.98. The van der Waals surface area contributed by atoms with E-state index < -0.39 is 27.4 Å². The predicted octanol–water partition coefficient (Wildman–Crippen LogP) is 2.62. The van der Waals surface area contributed by atoms with Gasteiger partial charge in [0, 0.05) is 27.9 Å². The van der Waals surface area contributed by atoms with Crippen molar-refractivity contribution >= 4 is 44.1 Å². The average Bonchev–Trinajstić information content (AvgIpc) is 3.01. The summed E-state index contributed by atoms with van der Waals surface area (Å²) < 4.78 is 49.7. The van der Waals surface area contributed by atoms with Gasteiger partial charge in [-0.1, -0.05) is 17.7 Å². The van der Waals surface area contributed by atoms with E-state index in [0.29, 0.717) is 0 Å². The van der Waals surface area contributed by atoms with Crippen LogP contribution in [0, 0.1) is 0 Å². The highest BCUT2D eigenvalue weighted by Crippen LogP contribution is 2.29. The van der Waals surface area contributed by atoms with E-state index in [1.54, 1.807) is 0 Å². The van der Waals surface area contributed by atoms with E-state index in [1.165, 1.54) is 24.3 Å². The van der Waals surface area contributed by atoms with E-state index in [2.05, 4.69) is 10.4 Å². The van der Waals surface area contributed by atoms with Crippen molar-refractivity contribution in [2.24, 2.45) is 5.14 Å². The lowest BCUT2D eigenvalue weighted by Gasteiger charge is -2.09. The maximum Gasteiger partial charge on any atom is 0.333 e. The number of hydrogen-bond donors (Lipinski definition) is 3. The van der Waals surface area contributed by atoms with Crippen molar-refractivity contribution in [3.8, 4) is 5.75 Å². The van der Waals surface area contributed by atoms with Gasteiger partial charge in [-0.15, -0.1) is 0 Å². The molecular formula is C16H13ClF2N4O4S. The minimum atomic E-state index is -4.28. The normalized spacial score (nSPS) is 11.9. The summed E-state index contributed by atoms with van der Waals surface area (Å²) in [7, 11) is -4.28. The van der Waals surface area contributed by atoms with Crippen LogP contribution in [0.15, 0.2) is 41.4 Å². The summed E-state index contributed by atoms with van der Waals surface area (Å²) in [6.45, 7) is -2.98. The smallest absolute Gasteiger partial charge is 0.333 e. The van der Waals surface area contributed by atoms with E-state index in [4.69, 9.17) is 16.7 Å². The zero-order valence-corrected chi connectivity index (χ0v) is 15.5. The molecule has 12 heteroatoms. The minimum Gasteiger partial charge on any atom is -0.508 e. The monoisotopic (exact) mass is 430 g/mol. The molecular weight excluding hydrogens is 418 g/mol. The lowest BCUT2D eigenvalue weighted by Crippen LogP contribution is -2.16. The first-order valence-electron chi connectivity index (χ1n) is 7.66. The Morgan fingerprint density at radius 3 is 2.68 bits per heavy atom. The summed E-state index contributed by atoms with van der Waals surface area (Å²) in [5.74, 6) is -0.810. The number of nitrogens with two attached hydrogens (primary N) is 1. The molecule has 0 spiro atoms. The van der Waals surface area contributed by atoms with Gasteiger partial charge in [-0.05, 0) is 24.3 Å². The van der Waals surface area contributed by atoms with Crippen molar-refractivity contribution in [1.82, 2.24) is 9.78 Å². The largest absolute Gasteiger partial charge is 0.508 e. The number of anilines is 1. The van der Waals surface area contributed by atoms with Gasteiger partial charge >= 0.3 is 6.55 Å². The van der Waals surface area contributed by atoms with Crippen LogP contribution >= 0.6 is 11.6 Å². The minimum absolute atomic E-state index is 0.0208. The molecule has 4 N–H and O–H groups in total. The van der Waals surface area contributed by atoms with Gasteiger partial charge in [-0.25, -0.2) is 18.2 Å². The first kappa shape index (κ1) is 20.0. The highest BCUT2D eigenvalue weighted by Gasteiger charge is 2.20. The van der Waals surface area contributed by atoms with E-state index in [-0.39, 0.29) is 44.0 Å². The number of sulfonamides is 1. The fraction of sp³-hybridized carbons (Fsp3) is 0.125. The highest BCUT2D eigenvalue weighted by atomic mass is 35.5. The average molecular weight is 431 g/mol. The molecule has 0 aliphatic rings. The van der Waals surface area contributed by atoms with E-state index in [1.807, 2.05) is 0 Å². The molecule has 3 aromatic rings. The number of primary sulfonamides is 1. The standard InChI is InChI=1S/C16H13ClF2N4O4S/c17-11-2-1-3-13(24)9(11)6-15(25)21-8-4-12-10(7-23(22-12)16(18)19)14(5-8)28(20,26)27/h1-5,7,16,24H,6H2,(H,21,25)(H2,20,26,27). The molecule has 0 saturated carbocycles. The fourth-order valence-corrected chi connectivity index (χ4v) is 3.60. The molecule has 3 rings (SSSR count). The van der Waals surface area contributed by atoms with Crippen molar-refractivity contribution in [2.45, 2.75) is 17.9 Å². The van der Waals surface area contributed by atoms with Crippen molar-refractivity contribution < 1.29 is 27.1 Å². The van der Waals surface area contributed by atoms with E-state index in [0.717, 1.165) is 12.3 Å². The number of carbonyl (C=O) groups excluding carboxylic acids is 1. The van der Waals surface area contributed by atoms with Gasteiger partial charge in [-0.2, -0.15) is 13.9 Å². The zero-order chi connectivity index (χ0) is 20.6. The molecule has 0 aliphatic heterocycles. The summed E-state index contributed by atoms with van der Waals surface area (Å²) in [4.78, 5) is 11.8. The first-order chi connectivity index (χ1) is 13.1. The lowest BCUT2D eigenvalue weighted by atomic mass is 10.1. The molecule has 0 atom stereocenters. The van der Waals surface area contributed by atoms with Crippen LogP contribution in [0.1, 0.15) is 12.1 Å². The Kier molecular flexibility index (Phi) is 5.24. The molecule has 1 aromatic heterocycles. The predicted molar refractivity (Wildman–Crippen MR) is 97.8 cm³/mol. The summed E-state index contributed by atoms with van der Waals surface area (Å²) in [6.07, 6.45) is 0.548. The van der Waals surface area contributed by atoms with Crippen LogP contribution in [0.5, 0.6) is 5.75 Å². The van der Waals surface area contributed by atoms with Crippen LogP contribution in [0.4, 0.5) is 14.5 Å². The van der Waals surface area contributed by atoms with E-state index in [9.17, 15) is 27.1 Å². The Hall–Kier alpha value is -2.76. The number of aromatic hydroxyl groups is 1. The van der Waals surface area contributed by atoms with Crippen molar-refractivity contribution in [3.63, 3.8) is 0 Å². The number of rotatable bonds is 5. The van der Waals surface area contributed by atoms with Crippen molar-refractivity contribution in [3.05, 3.63) is 47.1 Å². The number of nitrogens with zero attached hydrogens (tertiary/aromatic N) is 2. The van der Waals surface area contributed by atoms with Crippen LogP contribution in [0.25, 0.3) is 10.9 Å². The van der Waals surface area contributed by atoms with Crippen LogP contribution < -0.4 is 10.5 Å². The van der Waals surface area contributed by atoms with E-state index >= 15 is 0 Å². The Bertz CT molecular complexity index is 1160. The second kappa shape index (κ2) is 7.34. The number of phenols is 1. The van der Waals surface area contributed by atoms with Crippen LogP contribution in [0.2, 0.25) is 5.02 Å². The topological polar surface area (TPSA) is 127 Å². The zero-order valence-electron chi connectivity index (χ0n) is 13.9. The van der Waals surface area contributed by atoms with Crippen LogP contribution in [-0.2, 0) is 21.2 Å². The molecule has 0 unspecified atom stereocenters. The quantitative estimate of drug-likeness (QED) is 0.573. The third kappa shape index (κ3) is 4.06. The summed E-state index contributed by atoms with van der Waals surface area (Å²) in [5, 5.41) is 21.1. The number of hydrogen-bond acceptors (Lipinski definition) is 5. The molecule has 1 amide bonds. The number of halogens is 3. The number of carbonyl (C=O) groups is 1. The summed E-state index contributed by atoms with van der Waals surface area (Å²) in [5.41, 5.74) is 0.0618. The molecule has 0 bridgehead atoms. The Morgan fingerprint density at radius 2 is 2.07 bits per heavy atom. The van der Waals surface area contributed by atoms with Gasteiger partial charge in [0.25, 0.3) is 0 Å². The fourth-order valence-electron chi connectivity index (χ4n) is 2.61. The SMILES string of the molecule is NS(=O)(=O)c1cc(NC(=O)Cc2c(O)cccc2Cl)cc2nn(C(F)F)cc12. The van der Waals surface area contributed by atoms with Gasteiger partial charge in [-0.3, -0.25) is 4.79 Å². The van der Waals surface area contributed by atoms with Crippen molar-refractivity contribution in [1.29, 1.82) is 0 Å². The van der Waals surface area contributed by atoms with Gasteiger partial charge in [0.2, 0.25) is 15.9 Å². The molecule has 0 aliphatic carbocycles. The maximum atomic E-state index is 12.9. The van der Waals surface area contributed by atoms with Gasteiger partial charge in [0.05, 0.1) is 16.8 Å². The Morgan fingerprint density at radius 1 is 1.36 bits per heavy atom. The molecule has 1 heterocycles. The Labute approximate surface area is 162 Å². The lowest BCUT2D eigenvalue weighted by molar-refractivity contribution is -0.115. The molecule has 28 heavy (non-hydrogen) atoms. The second-order valence-corrected chi connectivity index (χ2v) is 7.74. The third-order valence-corrected chi connectivity index (χ3v) is 5.13. The molecule has 0 fully saturated rings. The van der Waals surface area contributed by atoms with Crippen LogP contribution in [-0.4, -0.2) is 29.2 Å². The maximum absolute atomic E-state index is 12.9. The summed E-state index contributed by atoms with van der Waals surface area (Å²) in [6, 6.07) is 6.63. The molecule has 148 valence electrons. The molecule has 2 aromatic carbocycles. The van der Waals surface area contributed by atoms with Crippen molar-refractivity contribution in [2.75, 3.05) is 5.32 Å². The number of aromatic nitrogens is 2. The number of alkyl halides is 2. The highest BCUT2D eigenvalue weighted by molar-refractivity contribution is 7.89. The van der Waals surface area contributed by atoms with Gasteiger partial charge < -0.3 is 10.4 Å². The number of nitrogens with one attached hydrogen (secondary N) is 1. The van der Waals surface area contributed by atoms with Gasteiger partial charge in [0.15, 0.2) is 0 Å². The van der Waals surface area contributed by atoms with Gasteiger partial charge in [0.1, 0.15) is 5.75 Å².